The van der Waals surface area contributed by atoms with Gasteiger partial charge in [-0.25, -0.2) is 4.79 Å². The van der Waals surface area contributed by atoms with Crippen LogP contribution in [0.15, 0.2) is 11.6 Å². The molecule has 4 aliphatic heterocycles. The Kier molecular flexibility index (Phi) is 16.9. The maximum absolute atomic E-state index is 14.8. The number of aliphatic hydroxyl groups is 13. The minimum absolute atomic E-state index is 0.0468. The quantitative estimate of drug-likeness (QED) is 0.0574. The van der Waals surface area contributed by atoms with Crippen molar-refractivity contribution < 1.29 is 119 Å². The van der Waals surface area contributed by atoms with Gasteiger partial charge < -0.3 is 109 Å². The third-order valence-electron chi connectivity index (χ3n) is 21.5. The lowest BCUT2D eigenvalue weighted by atomic mass is 9.33. The predicted molar refractivity (Wildman–Crippen MR) is 263 cm³/mol. The van der Waals surface area contributed by atoms with Crippen molar-refractivity contribution in [1.29, 1.82) is 0 Å². The van der Waals surface area contributed by atoms with Crippen molar-refractivity contribution in [1.82, 2.24) is 0 Å². The molecule has 0 unspecified atom stereocenters. The molecule has 0 amide bonds. The monoisotopic (exact) mass is 1120 g/mol. The summed E-state index contributed by atoms with van der Waals surface area (Å²) in [5.41, 5.74) is -2.19. The van der Waals surface area contributed by atoms with Crippen LogP contribution in [-0.4, -0.2) is 232 Å². The van der Waals surface area contributed by atoms with Gasteiger partial charge in [0.15, 0.2) is 25.0 Å². The second-order valence-electron chi connectivity index (χ2n) is 26.1. The van der Waals surface area contributed by atoms with Gasteiger partial charge in [-0.05, 0) is 111 Å². The highest BCUT2D eigenvalue weighted by molar-refractivity contribution is 5.79. The number of allylic oxidation sites excluding steroid dienone is 2. The Balaban J connectivity index is 0.985. The zero-order valence-electron chi connectivity index (χ0n) is 45.5. The number of aliphatic hydroxyl groups excluding tert-OH is 13. The molecule has 8 fully saturated rings. The minimum atomic E-state index is -2.13. The van der Waals surface area contributed by atoms with E-state index in [0.717, 1.165) is 6.42 Å². The number of carbonyl (C=O) groups is 2. The van der Waals surface area contributed by atoms with Gasteiger partial charge in [0.1, 0.15) is 85.5 Å². The Morgan fingerprint density at radius 2 is 1.15 bits per heavy atom. The van der Waals surface area contributed by atoms with Gasteiger partial charge in [0.25, 0.3) is 0 Å². The van der Waals surface area contributed by atoms with Crippen molar-refractivity contribution in [3.63, 3.8) is 0 Å². The highest BCUT2D eigenvalue weighted by atomic mass is 16.8. The summed E-state index contributed by atoms with van der Waals surface area (Å²) < 4.78 is 47.9. The molecule has 14 N–H and O–H groups in total. The summed E-state index contributed by atoms with van der Waals surface area (Å²) in [6.07, 6.45) is -27.7. The van der Waals surface area contributed by atoms with Crippen molar-refractivity contribution >= 4 is 11.9 Å². The molecule has 9 rings (SSSR count). The molecule has 29 atom stereocenters. The van der Waals surface area contributed by atoms with E-state index in [1.54, 1.807) is 0 Å². The van der Waals surface area contributed by atoms with Crippen molar-refractivity contribution in [2.24, 2.45) is 50.2 Å². The van der Waals surface area contributed by atoms with Crippen molar-refractivity contribution in [2.75, 3.05) is 19.8 Å². The number of carbonyl (C=O) groups excluding carboxylic acids is 1. The van der Waals surface area contributed by atoms with Gasteiger partial charge in [0.2, 0.25) is 6.29 Å². The normalized spacial score (nSPS) is 54.1. The molecule has 446 valence electrons. The van der Waals surface area contributed by atoms with Gasteiger partial charge in [-0.3, -0.25) is 4.79 Å². The van der Waals surface area contributed by atoms with Gasteiger partial charge in [0, 0.05) is 5.41 Å². The molecule has 0 bridgehead atoms. The van der Waals surface area contributed by atoms with Crippen LogP contribution >= 0.6 is 0 Å². The topological polar surface area (TPSA) is 391 Å². The van der Waals surface area contributed by atoms with Crippen LogP contribution in [0.25, 0.3) is 0 Å². The molecule has 9 aliphatic rings. The van der Waals surface area contributed by atoms with E-state index < -0.39 is 182 Å². The smallest absolute Gasteiger partial charge is 0.335 e. The summed E-state index contributed by atoms with van der Waals surface area (Å²) in [5.74, 6) is -2.62. The molecule has 0 aromatic carbocycles. The van der Waals surface area contributed by atoms with E-state index in [4.69, 9.17) is 37.9 Å². The molecule has 24 nitrogen and oxygen atoms in total. The highest BCUT2D eigenvalue weighted by Gasteiger charge is 2.71. The lowest BCUT2D eigenvalue weighted by molar-refractivity contribution is -0.396. The third kappa shape index (κ3) is 9.63. The highest BCUT2D eigenvalue weighted by Crippen LogP contribution is 2.76. The fourth-order valence-corrected chi connectivity index (χ4v) is 16.4. The molecule has 5 aliphatic carbocycles. The van der Waals surface area contributed by atoms with E-state index in [-0.39, 0.29) is 28.6 Å². The zero-order chi connectivity index (χ0) is 57.1. The van der Waals surface area contributed by atoms with Crippen LogP contribution in [0.1, 0.15) is 113 Å². The molecule has 0 aromatic rings. The second kappa shape index (κ2) is 21.8. The second-order valence-corrected chi connectivity index (χ2v) is 26.1. The van der Waals surface area contributed by atoms with E-state index in [2.05, 4.69) is 40.7 Å². The first-order valence-corrected chi connectivity index (χ1v) is 27.8. The summed E-state index contributed by atoms with van der Waals surface area (Å²) >= 11 is 0. The van der Waals surface area contributed by atoms with Gasteiger partial charge in [0.05, 0.1) is 37.4 Å². The Morgan fingerprint density at radius 1 is 0.590 bits per heavy atom. The number of ether oxygens (including phenoxy) is 8. The summed E-state index contributed by atoms with van der Waals surface area (Å²) in [6.45, 7) is 12.6. The molecule has 0 spiro atoms. The Hall–Kier alpha value is -2.12. The number of aliphatic carboxylic acids is 1. The van der Waals surface area contributed by atoms with Crippen LogP contribution in [0.4, 0.5) is 0 Å². The van der Waals surface area contributed by atoms with Crippen LogP contribution in [0.5, 0.6) is 0 Å². The third-order valence-corrected chi connectivity index (χ3v) is 21.5. The molecule has 4 saturated heterocycles. The van der Waals surface area contributed by atoms with Crippen molar-refractivity contribution in [3.8, 4) is 0 Å². The van der Waals surface area contributed by atoms with E-state index in [9.17, 15) is 81.1 Å². The largest absolute Gasteiger partial charge is 0.479 e. The van der Waals surface area contributed by atoms with E-state index in [1.165, 1.54) is 12.5 Å². The molecule has 78 heavy (non-hydrogen) atoms. The van der Waals surface area contributed by atoms with Crippen LogP contribution < -0.4 is 0 Å². The molecule has 4 saturated carbocycles. The molecular weight excluding hydrogens is 1030 g/mol. The summed E-state index contributed by atoms with van der Waals surface area (Å²) in [6, 6.07) is 0. The van der Waals surface area contributed by atoms with E-state index in [0.29, 0.717) is 57.8 Å². The van der Waals surface area contributed by atoms with Crippen LogP contribution in [-0.2, 0) is 47.5 Å². The number of hydrogen-bond acceptors (Lipinski definition) is 23. The number of esters is 1. The van der Waals surface area contributed by atoms with Gasteiger partial charge in [-0.15, -0.1) is 0 Å². The Morgan fingerprint density at radius 3 is 1.78 bits per heavy atom. The maximum Gasteiger partial charge on any atom is 0.335 e. The van der Waals surface area contributed by atoms with Crippen LogP contribution in [0.2, 0.25) is 0 Å². The Labute approximate surface area is 453 Å². The van der Waals surface area contributed by atoms with Crippen molar-refractivity contribution in [2.45, 2.75) is 242 Å². The first-order valence-electron chi connectivity index (χ1n) is 27.8. The maximum atomic E-state index is 14.8. The first-order chi connectivity index (χ1) is 36.5. The Bertz CT molecular complexity index is 2200. The first kappa shape index (κ1) is 60.5. The van der Waals surface area contributed by atoms with E-state index >= 15 is 0 Å². The molecule has 0 radical (unpaired) electrons. The fraction of sp³-hybridized carbons (Fsp3) is 0.926. The predicted octanol–water partition coefficient (Wildman–Crippen LogP) is -1.94. The van der Waals surface area contributed by atoms with E-state index in [1.807, 2.05) is 6.92 Å². The molecular formula is C54H86O24. The summed E-state index contributed by atoms with van der Waals surface area (Å²) in [4.78, 5) is 27.4. The average Bonchev–Trinajstić information content (AvgIpc) is 3.46. The standard InChI is InChI=1S/C54H86O24/c1-22-30(58)33(61)38(66)44(71-22)76-41-35(63)32(60)26(20-56)73-46(41)77-42-37(65)36(64)40(43(68)69)75-47(42)74-29-11-12-50(4)27(51(29,5)21-57)10-13-53(7)28(50)9-8-23-24-18-49(2,3)14-16-54(24,17-15-52(23,53)6)48(70)78-45-39(67)34(62)31(59)25(19-55)72-45/h8,22,24-42,44-47,55-67H,9-21H2,1-7H3,(H,68,69)/t22-,24-,25+,26+,27+,28+,29-,30-,31+,32-,33+,34-,35-,36-,37-,38+,39+,40-,41+,42+,44-,45-,46-,47+,50-,51+,52+,53+,54-/m0/s1. The zero-order valence-corrected chi connectivity index (χ0v) is 45.5. The van der Waals surface area contributed by atoms with Gasteiger partial charge in [-0.2, -0.15) is 0 Å². The lowest BCUT2D eigenvalue weighted by Gasteiger charge is -2.71. The summed E-state index contributed by atoms with van der Waals surface area (Å²) in [7, 11) is 0. The van der Waals surface area contributed by atoms with Gasteiger partial charge in [-0.1, -0.05) is 53.2 Å². The molecule has 0 aromatic heterocycles. The lowest BCUT2D eigenvalue weighted by Crippen LogP contribution is -2.68. The summed E-state index contributed by atoms with van der Waals surface area (Å²) in [5, 5.41) is 151. The van der Waals surface area contributed by atoms with Crippen LogP contribution in [0, 0.1) is 50.2 Å². The number of carboxylic acid groups (broad SMARTS) is 1. The number of carboxylic acids is 1. The molecule has 24 heteroatoms. The average molecular weight is 1120 g/mol. The van der Waals surface area contributed by atoms with Crippen LogP contribution in [0.3, 0.4) is 0 Å². The molecule has 4 heterocycles. The minimum Gasteiger partial charge on any atom is -0.479 e. The SMILES string of the molecule is C[C@@H]1O[C@@H](O[C@H]2[C@H](O[C@H]3[C@H](O[C@H]4CC[C@@]5(C)[C@@H](CC[C@]6(C)[C@@H]5CC=C5[C@@H]7CC(C)(C)CC[C@]7(C(=O)O[C@@H]7O[C@H](CO)[C@@H](O)[C@H](O)[C@H]7O)CC[C@]56C)[C@@]4(C)CO)O[C@H](C(=O)O)[C@@H](O)[C@@H]3O)O[C@H](CO)[C@H](O)[C@@H]2O)[C@H](O)[C@H](O)[C@H]1O. The number of fused-ring (bicyclic) bond motifs is 7. The van der Waals surface area contributed by atoms with Gasteiger partial charge >= 0.3 is 11.9 Å². The number of hydrogen-bond donors (Lipinski definition) is 14. The fourth-order valence-electron chi connectivity index (χ4n) is 16.4. The van der Waals surface area contributed by atoms with Crippen molar-refractivity contribution in [3.05, 3.63) is 11.6 Å². The number of rotatable bonds is 12.